The summed E-state index contributed by atoms with van der Waals surface area (Å²) in [5.74, 6) is -0.190. The number of halogens is 2. The molecule has 1 N–H and O–H groups in total. The Hall–Kier alpha value is -2.07. The molecule has 0 aliphatic rings. The van der Waals surface area contributed by atoms with Crippen LogP contribution in [0.3, 0.4) is 0 Å². The van der Waals surface area contributed by atoms with E-state index in [1.54, 1.807) is 54.1 Å². The summed E-state index contributed by atoms with van der Waals surface area (Å²) in [5, 5.41) is 11.9. The highest BCUT2D eigenvalue weighted by atomic mass is 35.5. The molecule has 3 aromatic rings. The molecule has 0 spiro atoms. The number of sulfone groups is 1. The second kappa shape index (κ2) is 9.38. The molecule has 2 aromatic carbocycles. The molecule has 0 fully saturated rings. The highest BCUT2D eigenvalue weighted by Gasteiger charge is 2.20. The second-order valence-corrected chi connectivity index (χ2v) is 10.2. The van der Waals surface area contributed by atoms with Gasteiger partial charge in [-0.05, 0) is 37.3 Å². The summed E-state index contributed by atoms with van der Waals surface area (Å²) in [5.41, 5.74) is 1.50. The molecule has 158 valence electrons. The lowest BCUT2D eigenvalue weighted by Crippen LogP contribution is -2.14. The zero-order valence-corrected chi connectivity index (χ0v) is 19.2. The minimum atomic E-state index is -3.55. The van der Waals surface area contributed by atoms with Gasteiger partial charge >= 0.3 is 0 Å². The van der Waals surface area contributed by atoms with Crippen LogP contribution in [0, 0.1) is 6.92 Å². The van der Waals surface area contributed by atoms with Crippen LogP contribution in [-0.2, 0) is 27.4 Å². The molecular weight excluding hydrogens is 467 g/mol. The summed E-state index contributed by atoms with van der Waals surface area (Å²) in [7, 11) is -1.89. The number of rotatable bonds is 7. The van der Waals surface area contributed by atoms with Gasteiger partial charge in [0.15, 0.2) is 15.0 Å². The van der Waals surface area contributed by atoms with Crippen molar-refractivity contribution in [2.75, 3.05) is 11.1 Å². The smallest absolute Gasteiger partial charge is 0.234 e. The zero-order valence-electron chi connectivity index (χ0n) is 16.1. The average Bonchev–Trinajstić information content (AvgIpc) is 3.02. The molecule has 0 saturated heterocycles. The summed E-state index contributed by atoms with van der Waals surface area (Å²) in [6.45, 7) is 1.89. The molecule has 0 radical (unpaired) electrons. The van der Waals surface area contributed by atoms with Crippen LogP contribution in [0.4, 0.5) is 5.69 Å². The number of thioether (sulfide) groups is 1. The lowest BCUT2D eigenvalue weighted by molar-refractivity contribution is -0.113. The van der Waals surface area contributed by atoms with Crippen molar-refractivity contribution in [1.29, 1.82) is 0 Å². The first-order chi connectivity index (χ1) is 14.2. The van der Waals surface area contributed by atoms with Crippen LogP contribution in [0.5, 0.6) is 0 Å². The van der Waals surface area contributed by atoms with E-state index in [0.717, 1.165) is 17.3 Å². The first-order valence-electron chi connectivity index (χ1n) is 8.71. The van der Waals surface area contributed by atoms with Gasteiger partial charge in [-0.3, -0.25) is 4.79 Å². The molecule has 1 amide bonds. The minimum Gasteiger partial charge on any atom is -0.325 e. The van der Waals surface area contributed by atoms with E-state index in [2.05, 4.69) is 15.5 Å². The van der Waals surface area contributed by atoms with Gasteiger partial charge in [0.25, 0.3) is 0 Å². The molecular formula is C19H18Cl2N4O3S2. The predicted molar refractivity (Wildman–Crippen MR) is 119 cm³/mol. The number of aromatic nitrogens is 3. The number of hydrogen-bond donors (Lipinski definition) is 1. The number of amides is 1. The molecule has 11 heteroatoms. The summed E-state index contributed by atoms with van der Waals surface area (Å²) in [6, 6.07) is 11.4. The summed E-state index contributed by atoms with van der Waals surface area (Å²) >= 11 is 12.9. The van der Waals surface area contributed by atoms with E-state index < -0.39 is 9.84 Å². The van der Waals surface area contributed by atoms with Crippen molar-refractivity contribution in [2.45, 2.75) is 22.7 Å². The number of nitrogens with one attached hydrogen (secondary N) is 1. The Bertz CT molecular complexity index is 1180. The van der Waals surface area contributed by atoms with Gasteiger partial charge in [0, 0.05) is 12.7 Å². The van der Waals surface area contributed by atoms with Crippen molar-refractivity contribution in [3.63, 3.8) is 0 Å². The number of nitrogens with zero attached hydrogens (tertiary/aromatic N) is 3. The van der Waals surface area contributed by atoms with E-state index in [1.165, 1.54) is 0 Å². The fourth-order valence-electron chi connectivity index (χ4n) is 2.50. The Morgan fingerprint density at radius 3 is 2.47 bits per heavy atom. The van der Waals surface area contributed by atoms with E-state index in [1.807, 2.05) is 6.92 Å². The van der Waals surface area contributed by atoms with E-state index in [0.29, 0.717) is 26.7 Å². The van der Waals surface area contributed by atoms with Crippen LogP contribution >= 0.6 is 35.0 Å². The molecule has 0 unspecified atom stereocenters. The predicted octanol–water partition coefficient (Wildman–Crippen LogP) is 4.14. The topological polar surface area (TPSA) is 94.0 Å². The molecule has 0 saturated carbocycles. The third-order valence-electron chi connectivity index (χ3n) is 4.16. The Morgan fingerprint density at radius 1 is 1.10 bits per heavy atom. The maximum Gasteiger partial charge on any atom is 0.234 e. The van der Waals surface area contributed by atoms with Crippen LogP contribution in [0.2, 0.25) is 10.0 Å². The van der Waals surface area contributed by atoms with Crippen LogP contribution in [0.15, 0.2) is 52.5 Å². The van der Waals surface area contributed by atoms with Gasteiger partial charge in [-0.2, -0.15) is 0 Å². The normalized spacial score (nSPS) is 11.5. The largest absolute Gasteiger partial charge is 0.325 e. The van der Waals surface area contributed by atoms with E-state index in [9.17, 15) is 13.2 Å². The Morgan fingerprint density at radius 2 is 1.80 bits per heavy atom. The summed E-state index contributed by atoms with van der Waals surface area (Å²) < 4.78 is 26.8. The first kappa shape index (κ1) is 22.6. The van der Waals surface area contributed by atoms with E-state index in [-0.39, 0.29) is 22.3 Å². The molecule has 1 aromatic heterocycles. The van der Waals surface area contributed by atoms with Crippen molar-refractivity contribution in [3.8, 4) is 0 Å². The molecule has 30 heavy (non-hydrogen) atoms. The average molecular weight is 485 g/mol. The zero-order chi connectivity index (χ0) is 21.9. The maximum atomic E-state index is 12.6. The lowest BCUT2D eigenvalue weighted by Gasteiger charge is -2.07. The second-order valence-electron chi connectivity index (χ2n) is 6.50. The van der Waals surface area contributed by atoms with Crippen LogP contribution < -0.4 is 5.32 Å². The van der Waals surface area contributed by atoms with Gasteiger partial charge in [-0.1, -0.05) is 52.7 Å². The molecule has 0 aliphatic carbocycles. The number of hydrogen-bond acceptors (Lipinski definition) is 6. The SMILES string of the molecule is Cc1ccc(S(=O)(=O)Cc2nnc(SCC(=O)Nc3ccc(Cl)c(Cl)c3)n2C)cc1. The van der Waals surface area contributed by atoms with Crippen molar-refractivity contribution in [1.82, 2.24) is 14.8 Å². The van der Waals surface area contributed by atoms with Gasteiger partial charge < -0.3 is 9.88 Å². The maximum absolute atomic E-state index is 12.6. The first-order valence-corrected chi connectivity index (χ1v) is 12.1. The molecule has 7 nitrogen and oxygen atoms in total. The van der Waals surface area contributed by atoms with Gasteiger partial charge in [0.05, 0.1) is 20.7 Å². The molecule has 0 bridgehead atoms. The Balaban J connectivity index is 1.63. The standard InChI is InChI=1S/C19H18Cl2N4O3S2/c1-12-3-6-14(7-4-12)30(27,28)11-17-23-24-19(25(17)2)29-10-18(26)22-13-5-8-15(20)16(21)9-13/h3-9H,10-11H2,1-2H3,(H,22,26). The van der Waals surface area contributed by atoms with Crippen molar-refractivity contribution in [2.24, 2.45) is 7.05 Å². The molecule has 3 rings (SSSR count). The summed E-state index contributed by atoms with van der Waals surface area (Å²) in [6.07, 6.45) is 0. The van der Waals surface area contributed by atoms with Crippen LogP contribution in [0.1, 0.15) is 11.4 Å². The molecule has 0 atom stereocenters. The van der Waals surface area contributed by atoms with Crippen LogP contribution in [0.25, 0.3) is 0 Å². The van der Waals surface area contributed by atoms with E-state index >= 15 is 0 Å². The minimum absolute atomic E-state index is 0.0664. The fraction of sp³-hybridized carbons (Fsp3) is 0.211. The quantitative estimate of drug-likeness (QED) is 0.506. The van der Waals surface area contributed by atoms with Gasteiger partial charge in [0.2, 0.25) is 5.91 Å². The third kappa shape index (κ3) is 5.54. The van der Waals surface area contributed by atoms with Crippen molar-refractivity contribution in [3.05, 3.63) is 63.9 Å². The summed E-state index contributed by atoms with van der Waals surface area (Å²) in [4.78, 5) is 12.4. The monoisotopic (exact) mass is 484 g/mol. The van der Waals surface area contributed by atoms with Gasteiger partial charge in [-0.25, -0.2) is 8.42 Å². The molecule has 1 heterocycles. The van der Waals surface area contributed by atoms with Crippen molar-refractivity contribution < 1.29 is 13.2 Å². The Kier molecular flexibility index (Phi) is 7.07. The highest BCUT2D eigenvalue weighted by molar-refractivity contribution is 7.99. The van der Waals surface area contributed by atoms with Crippen LogP contribution in [-0.4, -0.2) is 34.8 Å². The fourth-order valence-corrected chi connectivity index (χ4v) is 4.83. The number of carbonyl (C=O) groups is 1. The highest BCUT2D eigenvalue weighted by Crippen LogP contribution is 2.25. The van der Waals surface area contributed by atoms with Gasteiger partial charge in [0.1, 0.15) is 11.6 Å². The molecule has 0 aliphatic heterocycles. The number of benzene rings is 2. The third-order valence-corrected chi connectivity index (χ3v) is 7.55. The van der Waals surface area contributed by atoms with Crippen molar-refractivity contribution >= 4 is 56.4 Å². The van der Waals surface area contributed by atoms with Gasteiger partial charge in [-0.15, -0.1) is 10.2 Å². The number of anilines is 1. The number of aryl methyl sites for hydroxylation is 1. The Labute approximate surface area is 188 Å². The lowest BCUT2D eigenvalue weighted by atomic mass is 10.2. The number of carbonyl (C=O) groups excluding carboxylic acids is 1. The van der Waals surface area contributed by atoms with E-state index in [4.69, 9.17) is 23.2 Å².